The number of carbonyl (C=O) groups excluding carboxylic acids is 1. The van der Waals surface area contributed by atoms with Gasteiger partial charge in [0.25, 0.3) is 0 Å². The fourth-order valence-corrected chi connectivity index (χ4v) is 4.58. The zero-order valence-electron chi connectivity index (χ0n) is 23.4. The Balaban J connectivity index is 1.46. The highest BCUT2D eigenvalue weighted by molar-refractivity contribution is 6.01. The fraction of sp³-hybridized carbons (Fsp3) is 0.242. The Hall–Kier alpha value is -4.57. The van der Waals surface area contributed by atoms with Crippen molar-refractivity contribution in [1.82, 2.24) is 14.6 Å². The molecule has 2 aromatic heterocycles. The number of aliphatic hydroxyl groups is 1. The summed E-state index contributed by atoms with van der Waals surface area (Å²) in [5, 5.41) is 18.3. The Morgan fingerprint density at radius 3 is 2.07 bits per heavy atom. The lowest BCUT2D eigenvalue weighted by molar-refractivity contribution is -0.106. The lowest BCUT2D eigenvalue weighted by Crippen LogP contribution is -2.28. The van der Waals surface area contributed by atoms with Gasteiger partial charge in [-0.1, -0.05) is 91.0 Å². The lowest BCUT2D eigenvalue weighted by Gasteiger charge is -2.26. The third kappa shape index (κ3) is 7.19. The number of aliphatic hydroxyl groups excluding tert-OH is 1. The van der Waals surface area contributed by atoms with Crippen molar-refractivity contribution in [2.24, 2.45) is 0 Å². The lowest BCUT2D eigenvalue weighted by atomic mass is 10.1. The van der Waals surface area contributed by atoms with Crippen LogP contribution in [0.1, 0.15) is 45.6 Å². The zero-order valence-corrected chi connectivity index (χ0v) is 23.4. The molecule has 2 heterocycles. The Kier molecular flexibility index (Phi) is 9.90. The molecule has 5 aromatic rings. The second-order valence-electron chi connectivity index (χ2n) is 9.67. The van der Waals surface area contributed by atoms with Crippen molar-refractivity contribution in [3.63, 3.8) is 0 Å². The highest BCUT2D eigenvalue weighted by Gasteiger charge is 2.28. The van der Waals surface area contributed by atoms with Crippen LogP contribution in [-0.2, 0) is 34.0 Å². The molecule has 0 bridgehead atoms. The van der Waals surface area contributed by atoms with Crippen LogP contribution in [0.2, 0.25) is 0 Å². The molecule has 9 heteroatoms. The predicted molar refractivity (Wildman–Crippen MR) is 159 cm³/mol. The number of benzene rings is 3. The van der Waals surface area contributed by atoms with Crippen LogP contribution in [-0.4, -0.2) is 45.0 Å². The number of hydrogen-bond donors (Lipinski definition) is 2. The van der Waals surface area contributed by atoms with Crippen LogP contribution in [0.4, 0.5) is 5.82 Å². The molecule has 0 aliphatic carbocycles. The molecule has 42 heavy (non-hydrogen) atoms. The van der Waals surface area contributed by atoms with E-state index in [2.05, 4.69) is 15.4 Å². The molecular formula is C33H34N4O5. The summed E-state index contributed by atoms with van der Waals surface area (Å²) >= 11 is 0. The number of aromatic nitrogens is 3. The minimum Gasteiger partial charge on any atom is -0.462 e. The van der Waals surface area contributed by atoms with Gasteiger partial charge >= 0.3 is 5.97 Å². The molecular weight excluding hydrogens is 532 g/mol. The molecule has 0 saturated heterocycles. The van der Waals surface area contributed by atoms with Gasteiger partial charge < -0.3 is 24.6 Å². The van der Waals surface area contributed by atoms with E-state index in [4.69, 9.17) is 14.2 Å². The van der Waals surface area contributed by atoms with Crippen LogP contribution in [0.15, 0.2) is 103 Å². The molecule has 3 aromatic carbocycles. The number of anilines is 1. The zero-order chi connectivity index (χ0) is 29.1. The number of fused-ring (bicyclic) bond motifs is 1. The molecule has 2 N–H and O–H groups in total. The van der Waals surface area contributed by atoms with Gasteiger partial charge in [-0.2, -0.15) is 0 Å². The van der Waals surface area contributed by atoms with E-state index in [-0.39, 0.29) is 18.8 Å². The monoisotopic (exact) mass is 566 g/mol. The Labute approximate surface area is 244 Å². The minimum absolute atomic E-state index is 0.221. The number of esters is 1. The van der Waals surface area contributed by atoms with Crippen molar-refractivity contribution in [1.29, 1.82) is 0 Å². The normalized spacial score (nSPS) is 12.6. The molecule has 9 nitrogen and oxygen atoms in total. The molecule has 0 amide bonds. The van der Waals surface area contributed by atoms with Crippen molar-refractivity contribution in [3.05, 3.63) is 131 Å². The average Bonchev–Trinajstić information content (AvgIpc) is 3.41. The summed E-state index contributed by atoms with van der Waals surface area (Å²) in [6.45, 7) is 2.76. The molecule has 0 aliphatic rings. The van der Waals surface area contributed by atoms with Gasteiger partial charge in [0, 0.05) is 24.5 Å². The molecule has 2 atom stereocenters. The second kappa shape index (κ2) is 14.4. The number of nitrogens with zero attached hydrogens (tertiary/aromatic N) is 3. The van der Waals surface area contributed by atoms with E-state index in [1.807, 2.05) is 91.0 Å². The highest BCUT2D eigenvalue weighted by Crippen LogP contribution is 2.28. The van der Waals surface area contributed by atoms with Gasteiger partial charge in [0.2, 0.25) is 0 Å². The predicted octanol–water partition coefficient (Wildman–Crippen LogP) is 5.35. The molecule has 5 rings (SSSR count). The van der Waals surface area contributed by atoms with Gasteiger partial charge in [-0.15, -0.1) is 5.10 Å². The molecule has 0 radical (unpaired) electrons. The summed E-state index contributed by atoms with van der Waals surface area (Å²) in [6, 6.07) is 29.4. The number of nitrogens with one attached hydrogen (secondary N) is 1. The Bertz CT molecular complexity index is 1560. The van der Waals surface area contributed by atoms with Gasteiger partial charge in [0.15, 0.2) is 11.5 Å². The molecule has 0 unspecified atom stereocenters. The summed E-state index contributed by atoms with van der Waals surface area (Å²) < 4.78 is 19.4. The second-order valence-corrected chi connectivity index (χ2v) is 9.67. The summed E-state index contributed by atoms with van der Waals surface area (Å²) in [4.78, 5) is 17.6. The standard InChI is InChI=1S/C33H34N4O5/c1-2-40-33(39)29-31(34-18-24-12-6-3-7-13-24)36-37-20-27(19-35-32(29)37)30(42-23-26-16-10-5-11-17-26)28(21-38)41-22-25-14-8-4-9-15-25/h3-17,19-20,28,30,38H,2,18,21-23H2,1H3,(H,34,36)/t28-,30+/m0/s1. The van der Waals surface area contributed by atoms with Crippen LogP contribution in [0.3, 0.4) is 0 Å². The fourth-order valence-electron chi connectivity index (χ4n) is 4.58. The smallest absolute Gasteiger partial charge is 0.345 e. The van der Waals surface area contributed by atoms with E-state index >= 15 is 0 Å². The number of carbonyl (C=O) groups is 1. The van der Waals surface area contributed by atoms with Gasteiger partial charge in [-0.3, -0.25) is 0 Å². The first kappa shape index (κ1) is 28.9. The number of ether oxygens (including phenoxy) is 3. The summed E-state index contributed by atoms with van der Waals surface area (Å²) in [5.74, 6) is -0.151. The van der Waals surface area contributed by atoms with Crippen LogP contribution in [0.25, 0.3) is 5.65 Å². The first-order valence-electron chi connectivity index (χ1n) is 13.9. The van der Waals surface area contributed by atoms with Crippen molar-refractivity contribution in [2.75, 3.05) is 18.5 Å². The third-order valence-corrected chi connectivity index (χ3v) is 6.70. The van der Waals surface area contributed by atoms with E-state index < -0.39 is 18.2 Å². The van der Waals surface area contributed by atoms with Gasteiger partial charge in [0.05, 0.1) is 26.4 Å². The molecule has 216 valence electrons. The maximum absolute atomic E-state index is 13.0. The van der Waals surface area contributed by atoms with Gasteiger partial charge in [-0.25, -0.2) is 14.3 Å². The first-order valence-corrected chi connectivity index (χ1v) is 13.9. The molecule has 0 fully saturated rings. The highest BCUT2D eigenvalue weighted by atomic mass is 16.5. The molecule has 0 spiro atoms. The van der Waals surface area contributed by atoms with Crippen LogP contribution < -0.4 is 5.32 Å². The van der Waals surface area contributed by atoms with E-state index in [0.29, 0.717) is 36.8 Å². The summed E-state index contributed by atoms with van der Waals surface area (Å²) in [5.41, 5.74) is 4.23. The number of hydrogen-bond acceptors (Lipinski definition) is 8. The van der Waals surface area contributed by atoms with E-state index in [1.165, 1.54) is 0 Å². The maximum Gasteiger partial charge on any atom is 0.345 e. The van der Waals surface area contributed by atoms with Crippen molar-refractivity contribution >= 4 is 17.4 Å². The topological polar surface area (TPSA) is 107 Å². The Morgan fingerprint density at radius 1 is 0.881 bits per heavy atom. The molecule has 0 saturated carbocycles. The third-order valence-electron chi connectivity index (χ3n) is 6.70. The van der Waals surface area contributed by atoms with Crippen LogP contribution >= 0.6 is 0 Å². The first-order chi connectivity index (χ1) is 20.7. The Morgan fingerprint density at radius 2 is 1.48 bits per heavy atom. The SMILES string of the molecule is CCOC(=O)c1c(NCc2ccccc2)nn2cc([C@@H](OCc3ccccc3)[C@H](CO)OCc3ccccc3)cnc12. The van der Waals surface area contributed by atoms with E-state index in [0.717, 1.165) is 16.7 Å². The maximum atomic E-state index is 13.0. The van der Waals surface area contributed by atoms with Gasteiger partial charge in [-0.05, 0) is 23.6 Å². The molecule has 0 aliphatic heterocycles. The van der Waals surface area contributed by atoms with Crippen molar-refractivity contribution in [2.45, 2.75) is 38.9 Å². The van der Waals surface area contributed by atoms with Crippen LogP contribution in [0.5, 0.6) is 0 Å². The van der Waals surface area contributed by atoms with Gasteiger partial charge in [0.1, 0.15) is 17.8 Å². The summed E-state index contributed by atoms with van der Waals surface area (Å²) in [7, 11) is 0. The van der Waals surface area contributed by atoms with Crippen molar-refractivity contribution < 1.29 is 24.1 Å². The van der Waals surface area contributed by atoms with E-state index in [9.17, 15) is 9.90 Å². The van der Waals surface area contributed by atoms with Crippen molar-refractivity contribution in [3.8, 4) is 0 Å². The summed E-state index contributed by atoms with van der Waals surface area (Å²) in [6.07, 6.45) is 2.02. The van der Waals surface area contributed by atoms with E-state index in [1.54, 1.807) is 23.8 Å². The van der Waals surface area contributed by atoms with Crippen LogP contribution in [0, 0.1) is 0 Å². The number of rotatable bonds is 14. The minimum atomic E-state index is -0.691. The largest absolute Gasteiger partial charge is 0.462 e. The average molecular weight is 567 g/mol. The quantitative estimate of drug-likeness (QED) is 0.173.